The average Bonchev–Trinajstić information content (AvgIpc) is 3.08. The minimum absolute atomic E-state index is 0.0852. The maximum absolute atomic E-state index is 12.6. The Balaban J connectivity index is 1.41. The summed E-state index contributed by atoms with van der Waals surface area (Å²) < 4.78 is 12.6. The topological polar surface area (TPSA) is 111 Å². The Morgan fingerprint density at radius 1 is 1.28 bits per heavy atom. The molecule has 2 atom stereocenters. The number of amides is 2. The number of carbonyl (C=O) groups is 2. The molecule has 0 saturated heterocycles. The van der Waals surface area contributed by atoms with Crippen molar-refractivity contribution in [1.29, 1.82) is 0 Å². The molecule has 2 saturated carbocycles. The van der Waals surface area contributed by atoms with Crippen LogP contribution in [0.1, 0.15) is 82.9 Å². The maximum atomic E-state index is 12.6. The van der Waals surface area contributed by atoms with E-state index in [2.05, 4.69) is 15.8 Å². The van der Waals surface area contributed by atoms with Gasteiger partial charge in [0.2, 0.25) is 5.91 Å². The van der Waals surface area contributed by atoms with Gasteiger partial charge in [0.25, 0.3) is 0 Å². The van der Waals surface area contributed by atoms with Crippen LogP contribution >= 0.6 is 0 Å². The van der Waals surface area contributed by atoms with Crippen molar-refractivity contribution < 1.29 is 18.8 Å². The molecule has 2 heterocycles. The van der Waals surface area contributed by atoms with Crippen LogP contribution in [0.4, 0.5) is 10.6 Å². The molecule has 0 bridgehead atoms. The molecule has 2 aliphatic carbocycles. The second-order valence-corrected chi connectivity index (χ2v) is 10.4. The summed E-state index contributed by atoms with van der Waals surface area (Å²) in [5, 5.41) is 14.6. The minimum Gasteiger partial charge on any atom is -0.446 e. The van der Waals surface area contributed by atoms with Gasteiger partial charge < -0.3 is 19.9 Å². The number of rotatable bonds is 6. The molecule has 2 amide bonds. The summed E-state index contributed by atoms with van der Waals surface area (Å²) in [6.45, 7) is 9.98. The zero-order chi connectivity index (χ0) is 23.1. The molecule has 2 aromatic heterocycles. The smallest absolute Gasteiger partial charge is 0.407 e. The Morgan fingerprint density at radius 3 is 2.66 bits per heavy atom. The molecule has 9 heteroatoms. The maximum Gasteiger partial charge on any atom is 0.407 e. The van der Waals surface area contributed by atoms with Crippen LogP contribution < -0.4 is 10.6 Å². The van der Waals surface area contributed by atoms with Crippen molar-refractivity contribution >= 4 is 17.8 Å². The number of aryl methyl sites for hydroxylation is 1. The van der Waals surface area contributed by atoms with Gasteiger partial charge in [-0.3, -0.25) is 4.79 Å². The van der Waals surface area contributed by atoms with Crippen molar-refractivity contribution in [3.8, 4) is 0 Å². The number of alkyl carbamates (subject to hydrolysis) is 1. The average molecular weight is 444 g/mol. The predicted octanol–water partition coefficient (Wildman–Crippen LogP) is 4.03. The van der Waals surface area contributed by atoms with Crippen LogP contribution in [-0.2, 0) is 21.5 Å². The SMILES string of the molecule is Cc1cc(CC(=O)Nc2cc(C3CCC(OC(=O)NC4(C)CC4)C3)nn2C(C)(C)C)on1. The standard InChI is InChI=1S/C23H33N5O4/c1-14-10-17(32-27-14)12-20(29)24-19-13-18(26-28(19)22(2,3)4)15-6-7-16(11-15)31-21(30)25-23(5)8-9-23/h10,13,15-16H,6-9,11-12H2,1-5H3,(H,24,29)(H,25,30). The molecule has 2 aromatic rings. The summed E-state index contributed by atoms with van der Waals surface area (Å²) in [6, 6.07) is 3.69. The van der Waals surface area contributed by atoms with E-state index in [1.165, 1.54) is 0 Å². The number of ether oxygens (including phenoxy) is 1. The molecule has 2 N–H and O–H groups in total. The van der Waals surface area contributed by atoms with E-state index < -0.39 is 0 Å². The highest BCUT2D eigenvalue weighted by atomic mass is 16.6. The van der Waals surface area contributed by atoms with Gasteiger partial charge in [-0.25, -0.2) is 9.48 Å². The highest BCUT2D eigenvalue weighted by Gasteiger charge is 2.40. The van der Waals surface area contributed by atoms with E-state index >= 15 is 0 Å². The van der Waals surface area contributed by atoms with Crippen molar-refractivity contribution in [2.24, 2.45) is 0 Å². The van der Waals surface area contributed by atoms with E-state index in [-0.39, 0.29) is 41.5 Å². The fourth-order valence-corrected chi connectivity index (χ4v) is 4.10. The molecule has 2 unspecified atom stereocenters. The first-order valence-electron chi connectivity index (χ1n) is 11.3. The van der Waals surface area contributed by atoms with Gasteiger partial charge >= 0.3 is 6.09 Å². The normalized spacial score (nSPS) is 21.9. The van der Waals surface area contributed by atoms with Crippen LogP contribution in [0.25, 0.3) is 0 Å². The summed E-state index contributed by atoms with van der Waals surface area (Å²) in [4.78, 5) is 24.7. The number of aromatic nitrogens is 3. The third kappa shape index (κ3) is 5.31. The monoisotopic (exact) mass is 443 g/mol. The number of nitrogens with zero attached hydrogens (tertiary/aromatic N) is 3. The third-order valence-corrected chi connectivity index (χ3v) is 6.12. The summed E-state index contributed by atoms with van der Waals surface area (Å²) in [5.74, 6) is 1.17. The van der Waals surface area contributed by atoms with Crippen molar-refractivity contribution in [3.05, 3.63) is 29.3 Å². The van der Waals surface area contributed by atoms with E-state index in [1.54, 1.807) is 6.07 Å². The third-order valence-electron chi connectivity index (χ3n) is 6.12. The zero-order valence-electron chi connectivity index (χ0n) is 19.5. The lowest BCUT2D eigenvalue weighted by molar-refractivity contribution is -0.115. The Bertz CT molecular complexity index is 998. The lowest BCUT2D eigenvalue weighted by Crippen LogP contribution is -2.36. The summed E-state index contributed by atoms with van der Waals surface area (Å²) in [5.41, 5.74) is 1.26. The van der Waals surface area contributed by atoms with Crippen molar-refractivity contribution in [3.63, 3.8) is 0 Å². The Labute approximate surface area is 188 Å². The molecule has 4 rings (SSSR count). The summed E-state index contributed by atoms with van der Waals surface area (Å²) in [6.07, 6.45) is 4.11. The minimum atomic E-state index is -0.327. The van der Waals surface area contributed by atoms with Gasteiger partial charge in [0.1, 0.15) is 17.7 Å². The van der Waals surface area contributed by atoms with E-state index in [1.807, 2.05) is 45.4 Å². The molecule has 32 heavy (non-hydrogen) atoms. The summed E-state index contributed by atoms with van der Waals surface area (Å²) in [7, 11) is 0. The fraction of sp³-hybridized carbons (Fsp3) is 0.652. The number of anilines is 1. The molecule has 0 aromatic carbocycles. The Hall–Kier alpha value is -2.84. The van der Waals surface area contributed by atoms with Gasteiger partial charge in [-0.05, 0) is 66.7 Å². The van der Waals surface area contributed by atoms with Crippen LogP contribution in [0, 0.1) is 6.92 Å². The number of nitrogens with one attached hydrogen (secondary N) is 2. The first-order valence-corrected chi connectivity index (χ1v) is 11.3. The highest BCUT2D eigenvalue weighted by Crippen LogP contribution is 2.38. The Kier molecular flexibility index (Phi) is 5.77. The predicted molar refractivity (Wildman–Crippen MR) is 118 cm³/mol. The van der Waals surface area contributed by atoms with Crippen LogP contribution in [0.2, 0.25) is 0 Å². The van der Waals surface area contributed by atoms with Crippen LogP contribution in [0.15, 0.2) is 16.7 Å². The number of carbonyl (C=O) groups excluding carboxylic acids is 2. The quantitative estimate of drug-likeness (QED) is 0.697. The molecule has 0 aliphatic heterocycles. The molecule has 0 radical (unpaired) electrons. The lowest BCUT2D eigenvalue weighted by Gasteiger charge is -2.22. The Morgan fingerprint density at radius 2 is 2.03 bits per heavy atom. The van der Waals surface area contributed by atoms with Gasteiger partial charge in [-0.2, -0.15) is 5.10 Å². The summed E-state index contributed by atoms with van der Waals surface area (Å²) >= 11 is 0. The molecular weight excluding hydrogens is 410 g/mol. The molecule has 2 fully saturated rings. The molecular formula is C23H33N5O4. The lowest BCUT2D eigenvalue weighted by atomic mass is 10.0. The van der Waals surface area contributed by atoms with Gasteiger partial charge in [0, 0.05) is 23.6 Å². The molecule has 0 spiro atoms. The second-order valence-electron chi connectivity index (χ2n) is 10.4. The zero-order valence-corrected chi connectivity index (χ0v) is 19.5. The first-order chi connectivity index (χ1) is 15.0. The highest BCUT2D eigenvalue weighted by molar-refractivity contribution is 5.91. The van der Waals surface area contributed by atoms with Gasteiger partial charge in [-0.1, -0.05) is 5.16 Å². The van der Waals surface area contributed by atoms with Crippen molar-refractivity contribution in [2.45, 2.75) is 96.2 Å². The fourth-order valence-electron chi connectivity index (χ4n) is 4.10. The number of hydrogen-bond donors (Lipinski definition) is 2. The molecule has 174 valence electrons. The second kappa shape index (κ2) is 8.26. The van der Waals surface area contributed by atoms with E-state index in [0.717, 1.165) is 43.5 Å². The van der Waals surface area contributed by atoms with Crippen molar-refractivity contribution in [2.75, 3.05) is 5.32 Å². The van der Waals surface area contributed by atoms with Crippen LogP contribution in [-0.4, -0.2) is 38.6 Å². The van der Waals surface area contributed by atoms with E-state index in [4.69, 9.17) is 14.4 Å². The van der Waals surface area contributed by atoms with E-state index in [0.29, 0.717) is 11.6 Å². The van der Waals surface area contributed by atoms with Crippen LogP contribution in [0.5, 0.6) is 0 Å². The van der Waals surface area contributed by atoms with Gasteiger partial charge in [0.05, 0.1) is 23.3 Å². The molecule has 9 nitrogen and oxygen atoms in total. The van der Waals surface area contributed by atoms with E-state index in [9.17, 15) is 9.59 Å². The van der Waals surface area contributed by atoms with Gasteiger partial charge in [0.15, 0.2) is 0 Å². The van der Waals surface area contributed by atoms with Gasteiger partial charge in [-0.15, -0.1) is 0 Å². The van der Waals surface area contributed by atoms with Crippen LogP contribution in [0.3, 0.4) is 0 Å². The largest absolute Gasteiger partial charge is 0.446 e. The number of hydrogen-bond acceptors (Lipinski definition) is 6. The molecule has 2 aliphatic rings. The van der Waals surface area contributed by atoms with Crippen molar-refractivity contribution in [1.82, 2.24) is 20.3 Å². The first kappa shape index (κ1) is 22.4.